The summed E-state index contributed by atoms with van der Waals surface area (Å²) in [7, 11) is 0. The summed E-state index contributed by atoms with van der Waals surface area (Å²) in [5.41, 5.74) is 4.49. The fraction of sp³-hybridized carbons (Fsp3) is 0.200. The molecule has 0 fully saturated rings. The van der Waals surface area contributed by atoms with Gasteiger partial charge in [0.2, 0.25) is 0 Å². The van der Waals surface area contributed by atoms with Crippen molar-refractivity contribution in [3.8, 4) is 0 Å². The molecular weight excluding hydrogens is 343 g/mol. The third-order valence-corrected chi connectivity index (χ3v) is 3.82. The molecular formula is C15H15BrClFN2. The number of hydrazine groups is 1. The van der Waals surface area contributed by atoms with Crippen molar-refractivity contribution in [1.82, 2.24) is 5.43 Å². The zero-order chi connectivity index (χ0) is 14.5. The summed E-state index contributed by atoms with van der Waals surface area (Å²) in [6.07, 6.45) is 1.23. The molecule has 0 aliphatic carbocycles. The van der Waals surface area contributed by atoms with Crippen LogP contribution in [0, 0.1) is 5.82 Å². The van der Waals surface area contributed by atoms with Gasteiger partial charge in [-0.1, -0.05) is 45.7 Å². The van der Waals surface area contributed by atoms with Crippen LogP contribution in [0.1, 0.15) is 11.1 Å². The van der Waals surface area contributed by atoms with Crippen molar-refractivity contribution in [3.63, 3.8) is 0 Å². The highest BCUT2D eigenvalue weighted by Gasteiger charge is 2.12. The molecule has 106 valence electrons. The third kappa shape index (κ3) is 4.28. The number of nitrogens with two attached hydrogens (primary N) is 1. The van der Waals surface area contributed by atoms with Gasteiger partial charge in [0, 0.05) is 15.5 Å². The van der Waals surface area contributed by atoms with E-state index in [0.717, 1.165) is 16.5 Å². The number of rotatable bonds is 5. The van der Waals surface area contributed by atoms with E-state index in [1.807, 2.05) is 24.3 Å². The number of benzene rings is 2. The lowest BCUT2D eigenvalue weighted by Crippen LogP contribution is -2.38. The fourth-order valence-electron chi connectivity index (χ4n) is 2.09. The second-order valence-corrected chi connectivity index (χ2v) is 5.99. The lowest BCUT2D eigenvalue weighted by Gasteiger charge is -2.16. The van der Waals surface area contributed by atoms with Crippen LogP contribution in [0.3, 0.4) is 0 Å². The minimum atomic E-state index is -0.299. The predicted molar refractivity (Wildman–Crippen MR) is 84.1 cm³/mol. The highest BCUT2D eigenvalue weighted by atomic mass is 79.9. The second-order valence-electron chi connectivity index (χ2n) is 4.64. The molecule has 1 unspecified atom stereocenters. The van der Waals surface area contributed by atoms with Crippen molar-refractivity contribution in [2.45, 2.75) is 18.9 Å². The van der Waals surface area contributed by atoms with E-state index in [2.05, 4.69) is 21.4 Å². The van der Waals surface area contributed by atoms with Crippen molar-refractivity contribution in [2.24, 2.45) is 5.84 Å². The molecule has 0 aliphatic heterocycles. The molecule has 0 amide bonds. The van der Waals surface area contributed by atoms with Crippen LogP contribution < -0.4 is 11.3 Å². The molecule has 0 heterocycles. The zero-order valence-electron chi connectivity index (χ0n) is 10.7. The first-order valence-corrected chi connectivity index (χ1v) is 7.40. The number of hydrogen-bond donors (Lipinski definition) is 2. The maximum absolute atomic E-state index is 13.8. The van der Waals surface area contributed by atoms with Crippen LogP contribution in [-0.2, 0) is 12.8 Å². The minimum absolute atomic E-state index is 0.0417. The van der Waals surface area contributed by atoms with E-state index in [-0.39, 0.29) is 11.9 Å². The normalized spacial score (nSPS) is 12.4. The van der Waals surface area contributed by atoms with Crippen LogP contribution in [0.15, 0.2) is 46.9 Å². The Hall–Kier alpha value is -0.940. The molecule has 0 saturated heterocycles. The van der Waals surface area contributed by atoms with Crippen molar-refractivity contribution < 1.29 is 4.39 Å². The summed E-state index contributed by atoms with van der Waals surface area (Å²) < 4.78 is 14.8. The van der Waals surface area contributed by atoms with Crippen LogP contribution in [0.25, 0.3) is 0 Å². The van der Waals surface area contributed by atoms with Crippen molar-refractivity contribution in [3.05, 3.63) is 68.9 Å². The lowest BCUT2D eigenvalue weighted by molar-refractivity contribution is 0.506. The van der Waals surface area contributed by atoms with Gasteiger partial charge < -0.3 is 0 Å². The van der Waals surface area contributed by atoms with Crippen LogP contribution >= 0.6 is 27.5 Å². The summed E-state index contributed by atoms with van der Waals surface area (Å²) in [6, 6.07) is 12.7. The SMILES string of the molecule is NNC(Cc1cccc(Br)c1)Cc1ccc(Cl)cc1F. The maximum Gasteiger partial charge on any atom is 0.127 e. The highest BCUT2D eigenvalue weighted by molar-refractivity contribution is 9.10. The Balaban J connectivity index is 2.09. The standard InChI is InChI=1S/C15H15BrClFN2/c16-12-3-1-2-10(6-12)7-14(20-19)8-11-4-5-13(17)9-15(11)18/h1-6,9,14,20H,7-8,19H2. The molecule has 0 aromatic heterocycles. The van der Waals surface area contributed by atoms with E-state index in [1.54, 1.807) is 12.1 Å². The summed E-state index contributed by atoms with van der Waals surface area (Å²) in [5, 5.41) is 0.399. The van der Waals surface area contributed by atoms with E-state index in [0.29, 0.717) is 17.0 Å². The zero-order valence-corrected chi connectivity index (χ0v) is 13.1. The molecule has 2 rings (SSSR count). The summed E-state index contributed by atoms with van der Waals surface area (Å²) >= 11 is 9.18. The Bertz CT molecular complexity index is 592. The highest BCUT2D eigenvalue weighted by Crippen LogP contribution is 2.18. The number of hydrogen-bond acceptors (Lipinski definition) is 2. The smallest absolute Gasteiger partial charge is 0.127 e. The average Bonchev–Trinajstić information content (AvgIpc) is 2.41. The first-order chi connectivity index (χ1) is 9.58. The number of nitrogens with one attached hydrogen (secondary N) is 1. The van der Waals surface area contributed by atoms with Crippen LogP contribution in [0.5, 0.6) is 0 Å². The van der Waals surface area contributed by atoms with Gasteiger partial charge in [0.1, 0.15) is 5.82 Å². The molecule has 0 bridgehead atoms. The summed E-state index contributed by atoms with van der Waals surface area (Å²) in [4.78, 5) is 0. The topological polar surface area (TPSA) is 38.0 Å². The van der Waals surface area contributed by atoms with Crippen LogP contribution in [0.4, 0.5) is 4.39 Å². The van der Waals surface area contributed by atoms with Gasteiger partial charge in [-0.15, -0.1) is 0 Å². The fourth-order valence-corrected chi connectivity index (χ4v) is 2.70. The number of halogens is 3. The molecule has 5 heteroatoms. The third-order valence-electron chi connectivity index (χ3n) is 3.09. The van der Waals surface area contributed by atoms with Gasteiger partial charge in [-0.25, -0.2) is 4.39 Å². The molecule has 20 heavy (non-hydrogen) atoms. The first kappa shape index (κ1) is 15.4. The largest absolute Gasteiger partial charge is 0.271 e. The summed E-state index contributed by atoms with van der Waals surface area (Å²) in [5.74, 6) is 5.28. The minimum Gasteiger partial charge on any atom is -0.271 e. The van der Waals surface area contributed by atoms with Gasteiger partial charge >= 0.3 is 0 Å². The second kappa shape index (κ2) is 7.18. The van der Waals surface area contributed by atoms with E-state index in [9.17, 15) is 4.39 Å². The Morgan fingerprint density at radius 1 is 1.20 bits per heavy atom. The Morgan fingerprint density at radius 3 is 2.65 bits per heavy atom. The monoisotopic (exact) mass is 356 g/mol. The van der Waals surface area contributed by atoms with E-state index < -0.39 is 0 Å². The van der Waals surface area contributed by atoms with Gasteiger partial charge in [-0.05, 0) is 48.2 Å². The predicted octanol–water partition coefficient (Wildman–Crippen LogP) is 3.86. The molecule has 1 atom stereocenters. The van der Waals surface area contributed by atoms with Crippen molar-refractivity contribution in [1.29, 1.82) is 0 Å². The van der Waals surface area contributed by atoms with E-state index in [4.69, 9.17) is 17.4 Å². The average molecular weight is 358 g/mol. The van der Waals surface area contributed by atoms with E-state index in [1.165, 1.54) is 6.07 Å². The Kier molecular flexibility index (Phi) is 5.54. The van der Waals surface area contributed by atoms with Gasteiger partial charge in [0.15, 0.2) is 0 Å². The Morgan fingerprint density at radius 2 is 2.00 bits per heavy atom. The molecule has 0 saturated carbocycles. The van der Waals surface area contributed by atoms with Gasteiger partial charge in [-0.3, -0.25) is 11.3 Å². The lowest BCUT2D eigenvalue weighted by atomic mass is 9.99. The molecule has 0 aliphatic rings. The maximum atomic E-state index is 13.8. The Labute approximate surface area is 131 Å². The van der Waals surface area contributed by atoms with E-state index >= 15 is 0 Å². The molecule has 2 nitrogen and oxygen atoms in total. The van der Waals surface area contributed by atoms with Gasteiger partial charge in [-0.2, -0.15) is 0 Å². The molecule has 3 N–H and O–H groups in total. The summed E-state index contributed by atoms with van der Waals surface area (Å²) in [6.45, 7) is 0. The van der Waals surface area contributed by atoms with Crippen molar-refractivity contribution in [2.75, 3.05) is 0 Å². The quantitative estimate of drug-likeness (QED) is 0.630. The van der Waals surface area contributed by atoms with Crippen LogP contribution in [0.2, 0.25) is 5.02 Å². The first-order valence-electron chi connectivity index (χ1n) is 6.23. The molecule has 0 radical (unpaired) electrons. The van der Waals surface area contributed by atoms with Crippen LogP contribution in [-0.4, -0.2) is 6.04 Å². The van der Waals surface area contributed by atoms with Gasteiger partial charge in [0.25, 0.3) is 0 Å². The molecule has 2 aromatic carbocycles. The van der Waals surface area contributed by atoms with Crippen molar-refractivity contribution >= 4 is 27.5 Å². The molecule has 0 spiro atoms. The van der Waals surface area contributed by atoms with Gasteiger partial charge in [0.05, 0.1) is 0 Å². The molecule has 2 aromatic rings.